The number of amides is 1. The predicted octanol–water partition coefficient (Wildman–Crippen LogP) is 2.22. The van der Waals surface area contributed by atoms with Crippen molar-refractivity contribution in [1.82, 2.24) is 15.5 Å². The molecule has 0 saturated carbocycles. The van der Waals surface area contributed by atoms with Crippen LogP contribution >= 0.6 is 24.0 Å². The second-order valence-corrected chi connectivity index (χ2v) is 7.71. The standard InChI is InChI=1S/C16H30N4O.HI/c1-5-17-14(19-10-15(2,3)4)20-8-6-7-16(12-20)9-13(21)18-11-16;/h5-12H2,1-4H3,(H,17,19)(H,18,21);1H. The average Bonchev–Trinajstić information content (AvgIpc) is 2.74. The first-order chi connectivity index (χ1) is 9.84. The molecule has 5 nitrogen and oxygen atoms in total. The summed E-state index contributed by atoms with van der Waals surface area (Å²) in [5, 5.41) is 6.41. The maximum absolute atomic E-state index is 11.6. The zero-order valence-electron chi connectivity index (χ0n) is 14.4. The zero-order valence-corrected chi connectivity index (χ0v) is 16.7. The van der Waals surface area contributed by atoms with E-state index >= 15 is 0 Å². The highest BCUT2D eigenvalue weighted by Crippen LogP contribution is 2.36. The number of hydrogen-bond acceptors (Lipinski definition) is 2. The molecule has 128 valence electrons. The van der Waals surface area contributed by atoms with Gasteiger partial charge in [-0.25, -0.2) is 0 Å². The summed E-state index contributed by atoms with van der Waals surface area (Å²) in [6.07, 6.45) is 2.94. The molecule has 2 rings (SSSR count). The minimum Gasteiger partial charge on any atom is -0.357 e. The van der Waals surface area contributed by atoms with Crippen LogP contribution in [0.2, 0.25) is 0 Å². The van der Waals surface area contributed by atoms with E-state index in [1.54, 1.807) is 0 Å². The summed E-state index contributed by atoms with van der Waals surface area (Å²) in [5.41, 5.74) is 0.312. The molecular weight excluding hydrogens is 391 g/mol. The fourth-order valence-corrected chi connectivity index (χ4v) is 3.17. The van der Waals surface area contributed by atoms with Crippen LogP contribution in [0.15, 0.2) is 4.99 Å². The number of rotatable bonds is 2. The highest BCUT2D eigenvalue weighted by atomic mass is 127. The number of aliphatic imine (C=N–C) groups is 1. The first-order valence-electron chi connectivity index (χ1n) is 8.14. The molecule has 2 heterocycles. The van der Waals surface area contributed by atoms with Crippen LogP contribution in [-0.2, 0) is 4.79 Å². The topological polar surface area (TPSA) is 56.7 Å². The third kappa shape index (κ3) is 5.28. The summed E-state index contributed by atoms with van der Waals surface area (Å²) in [4.78, 5) is 18.8. The molecule has 0 aromatic heterocycles. The lowest BCUT2D eigenvalue weighted by atomic mass is 9.79. The molecule has 0 aliphatic carbocycles. The van der Waals surface area contributed by atoms with Crippen molar-refractivity contribution in [2.75, 3.05) is 32.7 Å². The summed E-state index contributed by atoms with van der Waals surface area (Å²) in [6, 6.07) is 0. The van der Waals surface area contributed by atoms with Crippen molar-refractivity contribution in [2.24, 2.45) is 15.8 Å². The van der Waals surface area contributed by atoms with Gasteiger partial charge in [0.15, 0.2) is 5.96 Å². The van der Waals surface area contributed by atoms with Gasteiger partial charge >= 0.3 is 0 Å². The van der Waals surface area contributed by atoms with Gasteiger partial charge in [-0.3, -0.25) is 9.79 Å². The van der Waals surface area contributed by atoms with Crippen molar-refractivity contribution in [1.29, 1.82) is 0 Å². The second-order valence-electron chi connectivity index (χ2n) is 7.71. The van der Waals surface area contributed by atoms with Crippen molar-refractivity contribution < 1.29 is 4.79 Å². The normalized spacial score (nSPS) is 25.9. The Morgan fingerprint density at radius 3 is 2.73 bits per heavy atom. The van der Waals surface area contributed by atoms with Crippen molar-refractivity contribution in [3.05, 3.63) is 0 Å². The van der Waals surface area contributed by atoms with Crippen LogP contribution in [0, 0.1) is 10.8 Å². The molecule has 1 amide bonds. The lowest BCUT2D eigenvalue weighted by Crippen LogP contribution is -2.51. The Hall–Kier alpha value is -0.530. The highest BCUT2D eigenvalue weighted by molar-refractivity contribution is 14.0. The fourth-order valence-electron chi connectivity index (χ4n) is 3.17. The van der Waals surface area contributed by atoms with Gasteiger partial charge < -0.3 is 15.5 Å². The minimum atomic E-state index is 0. The molecule has 2 N–H and O–H groups in total. The van der Waals surface area contributed by atoms with Crippen LogP contribution in [0.4, 0.5) is 0 Å². The molecule has 0 bridgehead atoms. The molecule has 0 aromatic carbocycles. The number of halogens is 1. The Morgan fingerprint density at radius 2 is 2.18 bits per heavy atom. The lowest BCUT2D eigenvalue weighted by Gasteiger charge is -2.41. The SMILES string of the molecule is CCNC(=NCC(C)(C)C)N1CCCC2(CNC(=O)C2)C1.I. The molecule has 2 fully saturated rings. The molecule has 2 saturated heterocycles. The number of hydrogen-bond donors (Lipinski definition) is 2. The van der Waals surface area contributed by atoms with Crippen LogP contribution in [0.3, 0.4) is 0 Å². The Bertz CT molecular complexity index is 419. The Balaban J connectivity index is 0.00000242. The van der Waals surface area contributed by atoms with E-state index in [0.29, 0.717) is 6.42 Å². The van der Waals surface area contributed by atoms with Gasteiger partial charge in [0, 0.05) is 44.6 Å². The van der Waals surface area contributed by atoms with E-state index in [1.165, 1.54) is 0 Å². The molecule has 0 aromatic rings. The van der Waals surface area contributed by atoms with Crippen molar-refractivity contribution in [3.8, 4) is 0 Å². The Labute approximate surface area is 151 Å². The number of nitrogens with one attached hydrogen (secondary N) is 2. The van der Waals surface area contributed by atoms with Crippen molar-refractivity contribution >= 4 is 35.8 Å². The van der Waals surface area contributed by atoms with Crippen LogP contribution in [-0.4, -0.2) is 49.5 Å². The van der Waals surface area contributed by atoms with E-state index in [0.717, 1.165) is 51.5 Å². The van der Waals surface area contributed by atoms with Gasteiger partial charge in [0.1, 0.15) is 0 Å². The third-order valence-electron chi connectivity index (χ3n) is 4.20. The quantitative estimate of drug-likeness (QED) is 0.408. The highest BCUT2D eigenvalue weighted by Gasteiger charge is 2.42. The number of likely N-dealkylation sites (tertiary alicyclic amines) is 1. The smallest absolute Gasteiger partial charge is 0.220 e. The number of guanidine groups is 1. The largest absolute Gasteiger partial charge is 0.357 e. The van der Waals surface area contributed by atoms with Gasteiger partial charge in [0.05, 0.1) is 0 Å². The van der Waals surface area contributed by atoms with Crippen LogP contribution < -0.4 is 10.6 Å². The summed E-state index contributed by atoms with van der Waals surface area (Å²) in [7, 11) is 0. The molecule has 2 aliphatic rings. The lowest BCUT2D eigenvalue weighted by molar-refractivity contribution is -0.119. The molecule has 1 spiro atoms. The van der Waals surface area contributed by atoms with E-state index in [4.69, 9.17) is 4.99 Å². The van der Waals surface area contributed by atoms with E-state index in [1.807, 2.05) is 0 Å². The van der Waals surface area contributed by atoms with Gasteiger partial charge in [-0.15, -0.1) is 24.0 Å². The fraction of sp³-hybridized carbons (Fsp3) is 0.875. The molecule has 0 radical (unpaired) electrons. The van der Waals surface area contributed by atoms with Gasteiger partial charge in [0.25, 0.3) is 0 Å². The van der Waals surface area contributed by atoms with Crippen LogP contribution in [0.5, 0.6) is 0 Å². The van der Waals surface area contributed by atoms with Gasteiger partial charge in [-0.05, 0) is 25.2 Å². The van der Waals surface area contributed by atoms with Gasteiger partial charge in [-0.1, -0.05) is 20.8 Å². The zero-order chi connectivity index (χ0) is 15.5. The van der Waals surface area contributed by atoms with Crippen LogP contribution in [0.25, 0.3) is 0 Å². The van der Waals surface area contributed by atoms with E-state index in [-0.39, 0.29) is 40.7 Å². The summed E-state index contributed by atoms with van der Waals surface area (Å²) in [5.74, 6) is 1.21. The number of nitrogens with zero attached hydrogens (tertiary/aromatic N) is 2. The maximum atomic E-state index is 11.6. The molecule has 2 aliphatic heterocycles. The third-order valence-corrected chi connectivity index (χ3v) is 4.20. The van der Waals surface area contributed by atoms with E-state index in [9.17, 15) is 4.79 Å². The summed E-state index contributed by atoms with van der Waals surface area (Å²) >= 11 is 0. The van der Waals surface area contributed by atoms with Gasteiger partial charge in [-0.2, -0.15) is 0 Å². The maximum Gasteiger partial charge on any atom is 0.220 e. The summed E-state index contributed by atoms with van der Waals surface area (Å²) < 4.78 is 0. The predicted molar refractivity (Wildman–Crippen MR) is 102 cm³/mol. The van der Waals surface area contributed by atoms with Crippen LogP contribution in [0.1, 0.15) is 47.0 Å². The Kier molecular flexibility index (Phi) is 6.95. The van der Waals surface area contributed by atoms with Gasteiger partial charge in [0.2, 0.25) is 5.91 Å². The number of carbonyl (C=O) groups is 1. The van der Waals surface area contributed by atoms with Crippen molar-refractivity contribution in [2.45, 2.75) is 47.0 Å². The molecule has 1 atom stereocenters. The number of piperidine rings is 1. The first kappa shape index (κ1) is 19.5. The van der Waals surface area contributed by atoms with E-state index in [2.05, 4.69) is 43.2 Å². The summed E-state index contributed by atoms with van der Waals surface area (Å²) in [6.45, 7) is 13.2. The second kappa shape index (κ2) is 7.84. The monoisotopic (exact) mass is 422 g/mol. The molecular formula is C16H31IN4O. The minimum absolute atomic E-state index is 0. The van der Waals surface area contributed by atoms with Crippen molar-refractivity contribution in [3.63, 3.8) is 0 Å². The number of carbonyl (C=O) groups excluding carboxylic acids is 1. The Morgan fingerprint density at radius 1 is 1.45 bits per heavy atom. The molecule has 22 heavy (non-hydrogen) atoms. The first-order valence-corrected chi connectivity index (χ1v) is 8.14. The average molecular weight is 422 g/mol. The molecule has 1 unspecified atom stereocenters. The molecule has 6 heteroatoms. The van der Waals surface area contributed by atoms with E-state index < -0.39 is 0 Å².